The van der Waals surface area contributed by atoms with Crippen LogP contribution in [0.3, 0.4) is 0 Å². The predicted molar refractivity (Wildman–Crippen MR) is 75.0 cm³/mol. The molecule has 0 bridgehead atoms. The molecule has 0 radical (unpaired) electrons. The quantitative estimate of drug-likeness (QED) is 0.856. The van der Waals surface area contributed by atoms with E-state index in [2.05, 4.69) is 38.6 Å². The van der Waals surface area contributed by atoms with Crippen molar-refractivity contribution in [3.63, 3.8) is 0 Å². The third kappa shape index (κ3) is 2.01. The largest absolute Gasteiger partial charge is 0.279 e. The van der Waals surface area contributed by atoms with Crippen LogP contribution in [0.4, 0.5) is 5.95 Å². The van der Waals surface area contributed by atoms with Crippen LogP contribution in [-0.2, 0) is 4.79 Å². The number of hydrogen-bond acceptors (Lipinski definition) is 4. The highest BCUT2D eigenvalue weighted by molar-refractivity contribution is 9.10. The van der Waals surface area contributed by atoms with E-state index < -0.39 is 0 Å². The summed E-state index contributed by atoms with van der Waals surface area (Å²) in [6.07, 6.45) is 2.35. The molecule has 94 valence electrons. The van der Waals surface area contributed by atoms with Crippen LogP contribution < -0.4 is 4.90 Å². The average molecular weight is 327 g/mol. The number of anilines is 1. The van der Waals surface area contributed by atoms with Gasteiger partial charge in [-0.05, 0) is 39.7 Å². The number of nitrogens with zero attached hydrogens (tertiary/aromatic N) is 4. The van der Waals surface area contributed by atoms with Gasteiger partial charge in [-0.3, -0.25) is 9.69 Å². The fourth-order valence-corrected chi connectivity index (χ4v) is 2.63. The first-order valence-electron chi connectivity index (χ1n) is 5.60. The molecule has 0 aromatic carbocycles. The van der Waals surface area contributed by atoms with Crippen molar-refractivity contribution in [1.82, 2.24) is 14.6 Å². The summed E-state index contributed by atoms with van der Waals surface area (Å²) in [5.74, 6) is 1.55. The summed E-state index contributed by atoms with van der Waals surface area (Å²) >= 11 is 7.62. The molecule has 7 heteroatoms. The average Bonchev–Trinajstić information content (AvgIpc) is 2.91. The van der Waals surface area contributed by atoms with Crippen molar-refractivity contribution in [2.45, 2.75) is 6.42 Å². The first-order chi connectivity index (χ1) is 8.67. The molecule has 0 saturated carbocycles. The third-order valence-corrected chi connectivity index (χ3v) is 3.97. The van der Waals surface area contributed by atoms with E-state index in [4.69, 9.17) is 0 Å². The molecular weight excluding hydrogens is 316 g/mol. The SMILES string of the molecule is O=C1CC(CS)CN1c1nc2ccc(Br)cn2n1. The Labute approximate surface area is 118 Å². The molecule has 18 heavy (non-hydrogen) atoms. The van der Waals surface area contributed by atoms with E-state index in [1.165, 1.54) is 0 Å². The van der Waals surface area contributed by atoms with Crippen molar-refractivity contribution in [2.24, 2.45) is 5.92 Å². The summed E-state index contributed by atoms with van der Waals surface area (Å²) in [5.41, 5.74) is 0.732. The molecule has 1 saturated heterocycles. The number of carbonyl (C=O) groups excluding carboxylic acids is 1. The highest BCUT2D eigenvalue weighted by atomic mass is 79.9. The van der Waals surface area contributed by atoms with E-state index in [-0.39, 0.29) is 5.91 Å². The second-order valence-electron chi connectivity index (χ2n) is 4.32. The van der Waals surface area contributed by atoms with E-state index in [1.807, 2.05) is 18.3 Å². The number of fused-ring (bicyclic) bond motifs is 1. The van der Waals surface area contributed by atoms with Gasteiger partial charge in [0.2, 0.25) is 5.91 Å². The van der Waals surface area contributed by atoms with Crippen LogP contribution in [0.2, 0.25) is 0 Å². The van der Waals surface area contributed by atoms with Gasteiger partial charge < -0.3 is 0 Å². The lowest BCUT2D eigenvalue weighted by Gasteiger charge is -2.10. The molecule has 1 fully saturated rings. The van der Waals surface area contributed by atoms with Gasteiger partial charge in [-0.2, -0.15) is 17.6 Å². The van der Waals surface area contributed by atoms with E-state index in [0.29, 0.717) is 30.6 Å². The van der Waals surface area contributed by atoms with Gasteiger partial charge in [0.05, 0.1) is 0 Å². The fraction of sp³-hybridized carbons (Fsp3) is 0.364. The predicted octanol–water partition coefficient (Wildman–Crippen LogP) is 1.77. The van der Waals surface area contributed by atoms with E-state index in [0.717, 1.165) is 10.1 Å². The maximum Gasteiger partial charge on any atom is 0.252 e. The summed E-state index contributed by atoms with van der Waals surface area (Å²) in [7, 11) is 0. The molecule has 5 nitrogen and oxygen atoms in total. The Kier molecular flexibility index (Phi) is 3.03. The maximum atomic E-state index is 11.9. The normalized spacial score (nSPS) is 20.0. The number of carbonyl (C=O) groups is 1. The van der Waals surface area contributed by atoms with Crippen LogP contribution in [0.1, 0.15) is 6.42 Å². The first kappa shape index (κ1) is 12.0. The minimum atomic E-state index is 0.0732. The summed E-state index contributed by atoms with van der Waals surface area (Å²) in [5, 5.41) is 4.33. The van der Waals surface area contributed by atoms with Crippen molar-refractivity contribution in [3.05, 3.63) is 22.8 Å². The summed E-state index contributed by atoms with van der Waals surface area (Å²) in [6, 6.07) is 3.76. The molecule has 1 atom stereocenters. The number of thiol groups is 1. The topological polar surface area (TPSA) is 50.5 Å². The summed E-state index contributed by atoms with van der Waals surface area (Å²) in [4.78, 5) is 17.9. The standard InChI is InChI=1S/C11H11BrN4OS/c12-8-1-2-9-13-11(14-16(9)5-8)15-4-7(6-18)3-10(15)17/h1-2,5,7,18H,3-4,6H2. The molecule has 3 rings (SSSR count). The van der Waals surface area contributed by atoms with Crippen molar-refractivity contribution in [3.8, 4) is 0 Å². The lowest BCUT2D eigenvalue weighted by molar-refractivity contribution is -0.117. The van der Waals surface area contributed by atoms with Gasteiger partial charge in [0.25, 0.3) is 5.95 Å². The smallest absolute Gasteiger partial charge is 0.252 e. The Morgan fingerprint density at radius 2 is 2.33 bits per heavy atom. The summed E-state index contributed by atoms with van der Waals surface area (Å²) in [6.45, 7) is 0.653. The highest BCUT2D eigenvalue weighted by Gasteiger charge is 2.32. The minimum absolute atomic E-state index is 0.0732. The van der Waals surface area contributed by atoms with E-state index in [9.17, 15) is 4.79 Å². The number of aromatic nitrogens is 3. The van der Waals surface area contributed by atoms with Crippen molar-refractivity contribution in [2.75, 3.05) is 17.2 Å². The number of amides is 1. The molecule has 2 aromatic rings. The van der Waals surface area contributed by atoms with Gasteiger partial charge in [0.15, 0.2) is 5.65 Å². The van der Waals surface area contributed by atoms with Gasteiger partial charge in [0.1, 0.15) is 0 Å². The Bertz CT molecular complexity index is 614. The maximum absolute atomic E-state index is 11.9. The van der Waals surface area contributed by atoms with E-state index in [1.54, 1.807) is 9.42 Å². The van der Waals surface area contributed by atoms with Gasteiger partial charge >= 0.3 is 0 Å². The summed E-state index contributed by atoms with van der Waals surface area (Å²) < 4.78 is 2.59. The molecule has 1 aliphatic rings. The molecule has 1 unspecified atom stereocenters. The lowest BCUT2D eigenvalue weighted by atomic mass is 10.1. The van der Waals surface area contributed by atoms with Crippen molar-refractivity contribution in [1.29, 1.82) is 0 Å². The molecule has 0 N–H and O–H groups in total. The van der Waals surface area contributed by atoms with Crippen molar-refractivity contribution >= 4 is 46.1 Å². The van der Waals surface area contributed by atoms with Gasteiger partial charge in [0, 0.05) is 23.6 Å². The van der Waals surface area contributed by atoms with Crippen LogP contribution in [0.25, 0.3) is 5.65 Å². The molecule has 0 aliphatic carbocycles. The van der Waals surface area contributed by atoms with Gasteiger partial charge in [-0.15, -0.1) is 5.10 Å². The van der Waals surface area contributed by atoms with Gasteiger partial charge in [-0.25, -0.2) is 4.52 Å². The van der Waals surface area contributed by atoms with Crippen molar-refractivity contribution < 1.29 is 4.79 Å². The molecule has 1 aliphatic heterocycles. The highest BCUT2D eigenvalue weighted by Crippen LogP contribution is 2.23. The number of rotatable bonds is 2. The van der Waals surface area contributed by atoms with Crippen LogP contribution in [0, 0.1) is 5.92 Å². The van der Waals surface area contributed by atoms with Crippen LogP contribution in [0.15, 0.2) is 22.8 Å². The second-order valence-corrected chi connectivity index (χ2v) is 5.60. The zero-order valence-electron chi connectivity index (χ0n) is 9.45. The van der Waals surface area contributed by atoms with Crippen LogP contribution >= 0.6 is 28.6 Å². The van der Waals surface area contributed by atoms with Crippen LogP contribution in [0.5, 0.6) is 0 Å². The molecule has 1 amide bonds. The second kappa shape index (κ2) is 4.55. The lowest BCUT2D eigenvalue weighted by Crippen LogP contribution is -2.25. The molecular formula is C11H11BrN4OS. The molecule has 2 aromatic heterocycles. The Balaban J connectivity index is 1.97. The Morgan fingerprint density at radius 1 is 1.50 bits per heavy atom. The third-order valence-electron chi connectivity index (χ3n) is 2.99. The number of hydrogen-bond donors (Lipinski definition) is 1. The molecule has 3 heterocycles. The van der Waals surface area contributed by atoms with Crippen LogP contribution in [-0.4, -0.2) is 32.8 Å². The fourth-order valence-electron chi connectivity index (χ4n) is 2.06. The number of pyridine rings is 1. The zero-order chi connectivity index (χ0) is 12.7. The Morgan fingerprint density at radius 3 is 3.06 bits per heavy atom. The zero-order valence-corrected chi connectivity index (χ0v) is 11.9. The number of halogens is 1. The molecule has 0 spiro atoms. The Hall–Kier alpha value is -1.08. The minimum Gasteiger partial charge on any atom is -0.279 e. The van der Waals surface area contributed by atoms with Gasteiger partial charge in [-0.1, -0.05) is 0 Å². The van der Waals surface area contributed by atoms with E-state index >= 15 is 0 Å². The first-order valence-corrected chi connectivity index (χ1v) is 7.03. The monoisotopic (exact) mass is 326 g/mol.